The van der Waals surface area contributed by atoms with Crippen LogP contribution < -0.4 is 5.32 Å². The number of hydrogen-bond acceptors (Lipinski definition) is 4. The van der Waals surface area contributed by atoms with Gasteiger partial charge in [0.1, 0.15) is 5.60 Å². The zero-order valence-electron chi connectivity index (χ0n) is 12.1. The highest BCUT2D eigenvalue weighted by molar-refractivity contribution is 7.10. The first-order valence-electron chi connectivity index (χ1n) is 6.66. The topological polar surface area (TPSA) is 58.6 Å². The number of benzene rings is 1. The van der Waals surface area contributed by atoms with Gasteiger partial charge in [-0.1, -0.05) is 36.4 Å². The molecule has 0 spiro atoms. The highest BCUT2D eigenvalue weighted by atomic mass is 32.1. The Morgan fingerprint density at radius 1 is 1.33 bits per heavy atom. The van der Waals surface area contributed by atoms with Gasteiger partial charge in [0, 0.05) is 12.0 Å². The third-order valence-electron chi connectivity index (χ3n) is 3.23. The van der Waals surface area contributed by atoms with Crippen LogP contribution in [0.1, 0.15) is 23.5 Å². The van der Waals surface area contributed by atoms with Crippen molar-refractivity contribution in [1.82, 2.24) is 5.32 Å². The second-order valence-corrected chi connectivity index (χ2v) is 5.94. The number of thiophene rings is 1. The smallest absolute Gasteiger partial charge is 0.253 e. The molecule has 1 amide bonds. The maximum Gasteiger partial charge on any atom is 0.253 e. The molecule has 2 unspecified atom stereocenters. The molecule has 1 aromatic heterocycles. The molecule has 2 N–H and O–H groups in total. The van der Waals surface area contributed by atoms with Gasteiger partial charge in [-0.05, 0) is 23.9 Å². The van der Waals surface area contributed by atoms with E-state index in [0.29, 0.717) is 0 Å². The van der Waals surface area contributed by atoms with E-state index in [0.717, 1.165) is 10.4 Å². The average Bonchev–Trinajstić information content (AvgIpc) is 3.02. The largest absolute Gasteiger partial charge is 0.383 e. The summed E-state index contributed by atoms with van der Waals surface area (Å²) in [4.78, 5) is 13.1. The van der Waals surface area contributed by atoms with Crippen molar-refractivity contribution in [2.75, 3.05) is 13.7 Å². The quantitative estimate of drug-likeness (QED) is 0.862. The molecule has 2 rings (SSSR count). The maximum absolute atomic E-state index is 12.2. The first-order valence-corrected chi connectivity index (χ1v) is 7.54. The summed E-state index contributed by atoms with van der Waals surface area (Å²) in [5.41, 5.74) is -0.299. The lowest BCUT2D eigenvalue weighted by Crippen LogP contribution is -2.40. The van der Waals surface area contributed by atoms with Crippen molar-refractivity contribution in [2.24, 2.45) is 0 Å². The highest BCUT2D eigenvalue weighted by Gasteiger charge is 2.27. The molecule has 0 fully saturated rings. The molecule has 0 radical (unpaired) electrons. The number of hydrogen-bond donors (Lipinski definition) is 2. The second kappa shape index (κ2) is 6.85. The van der Waals surface area contributed by atoms with Crippen LogP contribution in [0.5, 0.6) is 0 Å². The molecular formula is C16H19NO3S. The Morgan fingerprint density at radius 3 is 2.62 bits per heavy atom. The molecule has 1 heterocycles. The first kappa shape index (κ1) is 15.7. The standard InChI is InChI=1S/C16H19NO3S/c1-16(19,13-9-6-10-21-13)11-17-15(18)14(20-2)12-7-4-3-5-8-12/h3-10,14,19H,11H2,1-2H3,(H,17,18). The number of amides is 1. The van der Waals surface area contributed by atoms with Crippen LogP contribution in [0.25, 0.3) is 0 Å². The SMILES string of the molecule is COC(C(=O)NCC(C)(O)c1cccs1)c1ccccc1. The van der Waals surface area contributed by atoms with Crippen molar-refractivity contribution < 1.29 is 14.6 Å². The number of aliphatic hydroxyl groups is 1. The number of methoxy groups -OCH3 is 1. The molecule has 112 valence electrons. The number of carbonyl (C=O) groups excluding carboxylic acids is 1. The molecule has 5 heteroatoms. The van der Waals surface area contributed by atoms with E-state index >= 15 is 0 Å². The third kappa shape index (κ3) is 3.91. The van der Waals surface area contributed by atoms with Gasteiger partial charge in [-0.15, -0.1) is 11.3 Å². The summed E-state index contributed by atoms with van der Waals surface area (Å²) in [5, 5.41) is 15.1. The number of rotatable bonds is 6. The number of ether oxygens (including phenoxy) is 1. The van der Waals surface area contributed by atoms with E-state index in [1.807, 2.05) is 47.8 Å². The van der Waals surface area contributed by atoms with Crippen molar-refractivity contribution in [3.05, 3.63) is 58.3 Å². The minimum atomic E-state index is -1.08. The number of nitrogens with one attached hydrogen (secondary N) is 1. The fourth-order valence-corrected chi connectivity index (χ4v) is 2.83. The molecule has 0 saturated heterocycles. The van der Waals surface area contributed by atoms with E-state index in [1.165, 1.54) is 18.4 Å². The van der Waals surface area contributed by atoms with E-state index in [1.54, 1.807) is 6.92 Å². The van der Waals surface area contributed by atoms with Gasteiger partial charge in [0.15, 0.2) is 6.10 Å². The van der Waals surface area contributed by atoms with Crippen LogP contribution in [0.2, 0.25) is 0 Å². The van der Waals surface area contributed by atoms with Crippen molar-refractivity contribution in [3.63, 3.8) is 0 Å². The third-order valence-corrected chi connectivity index (χ3v) is 4.36. The molecule has 0 aliphatic rings. The Labute approximate surface area is 128 Å². The van der Waals surface area contributed by atoms with E-state index in [-0.39, 0.29) is 12.5 Å². The predicted molar refractivity (Wildman–Crippen MR) is 83.1 cm³/mol. The summed E-state index contributed by atoms with van der Waals surface area (Å²) in [6.07, 6.45) is -0.676. The molecule has 0 aliphatic carbocycles. The van der Waals surface area contributed by atoms with E-state index in [2.05, 4.69) is 5.32 Å². The van der Waals surface area contributed by atoms with Gasteiger partial charge < -0.3 is 15.2 Å². The minimum absolute atomic E-state index is 0.138. The van der Waals surface area contributed by atoms with E-state index < -0.39 is 11.7 Å². The zero-order valence-corrected chi connectivity index (χ0v) is 12.9. The van der Waals surface area contributed by atoms with Crippen LogP contribution in [-0.2, 0) is 15.1 Å². The van der Waals surface area contributed by atoms with Crippen LogP contribution in [0.15, 0.2) is 47.8 Å². The molecule has 21 heavy (non-hydrogen) atoms. The van der Waals surface area contributed by atoms with Gasteiger partial charge in [0.2, 0.25) is 0 Å². The highest BCUT2D eigenvalue weighted by Crippen LogP contribution is 2.25. The summed E-state index contributed by atoms with van der Waals surface area (Å²) in [7, 11) is 1.49. The molecule has 4 nitrogen and oxygen atoms in total. The number of carbonyl (C=O) groups is 1. The van der Waals surface area contributed by atoms with Gasteiger partial charge >= 0.3 is 0 Å². The first-order chi connectivity index (χ1) is 10.0. The molecule has 1 aromatic carbocycles. The van der Waals surface area contributed by atoms with Crippen molar-refractivity contribution in [3.8, 4) is 0 Å². The van der Waals surface area contributed by atoms with Gasteiger partial charge in [-0.3, -0.25) is 4.79 Å². The summed E-state index contributed by atoms with van der Waals surface area (Å²) in [6.45, 7) is 1.82. The minimum Gasteiger partial charge on any atom is -0.383 e. The van der Waals surface area contributed by atoms with Crippen LogP contribution in [0.4, 0.5) is 0 Å². The Bertz CT molecular complexity index is 566. The lowest BCUT2D eigenvalue weighted by molar-refractivity contribution is -0.132. The maximum atomic E-state index is 12.2. The van der Waals surface area contributed by atoms with Crippen molar-refractivity contribution in [2.45, 2.75) is 18.6 Å². The zero-order chi connectivity index (χ0) is 15.3. The molecule has 2 atom stereocenters. The van der Waals surface area contributed by atoms with Crippen LogP contribution in [0, 0.1) is 0 Å². The van der Waals surface area contributed by atoms with Crippen LogP contribution in [0.3, 0.4) is 0 Å². The van der Waals surface area contributed by atoms with Gasteiger partial charge in [-0.25, -0.2) is 0 Å². The normalized spacial score (nSPS) is 15.2. The Hall–Kier alpha value is -1.69. The lowest BCUT2D eigenvalue weighted by atomic mass is 10.0. The van der Waals surface area contributed by atoms with Gasteiger partial charge in [0.05, 0.1) is 6.54 Å². The van der Waals surface area contributed by atoms with Crippen molar-refractivity contribution >= 4 is 17.2 Å². The fraction of sp³-hybridized carbons (Fsp3) is 0.312. The van der Waals surface area contributed by atoms with Crippen molar-refractivity contribution in [1.29, 1.82) is 0 Å². The van der Waals surface area contributed by atoms with Gasteiger partial charge in [-0.2, -0.15) is 0 Å². The summed E-state index contributed by atoms with van der Waals surface area (Å²) in [5.74, 6) is -0.263. The summed E-state index contributed by atoms with van der Waals surface area (Å²) < 4.78 is 5.26. The van der Waals surface area contributed by atoms with E-state index in [9.17, 15) is 9.90 Å². The Balaban J connectivity index is 2.01. The lowest BCUT2D eigenvalue weighted by Gasteiger charge is -2.24. The van der Waals surface area contributed by atoms with Crippen LogP contribution in [-0.4, -0.2) is 24.7 Å². The second-order valence-electron chi connectivity index (χ2n) is 5.00. The Morgan fingerprint density at radius 2 is 2.05 bits per heavy atom. The molecule has 0 bridgehead atoms. The Kier molecular flexibility index (Phi) is 5.12. The predicted octanol–water partition coefficient (Wildman–Crippen LogP) is 2.46. The average molecular weight is 305 g/mol. The molecule has 2 aromatic rings. The molecule has 0 saturated carbocycles. The van der Waals surface area contributed by atoms with Crippen LogP contribution >= 0.6 is 11.3 Å². The fourth-order valence-electron chi connectivity index (χ4n) is 2.05. The monoisotopic (exact) mass is 305 g/mol. The summed E-state index contributed by atoms with van der Waals surface area (Å²) in [6, 6.07) is 13.0. The summed E-state index contributed by atoms with van der Waals surface area (Å²) >= 11 is 1.46. The van der Waals surface area contributed by atoms with Gasteiger partial charge in [0.25, 0.3) is 5.91 Å². The van der Waals surface area contributed by atoms with E-state index in [4.69, 9.17) is 4.74 Å². The molecular weight excluding hydrogens is 286 g/mol. The molecule has 0 aliphatic heterocycles.